The molecule has 0 aromatic heterocycles. The van der Waals surface area contributed by atoms with Crippen LogP contribution in [0.2, 0.25) is 0 Å². The van der Waals surface area contributed by atoms with Crippen LogP contribution in [0.3, 0.4) is 0 Å². The maximum atomic E-state index is 13.0. The Kier molecular flexibility index (Phi) is 5.91. The van der Waals surface area contributed by atoms with Gasteiger partial charge in [0.2, 0.25) is 15.9 Å². The van der Waals surface area contributed by atoms with E-state index in [0.717, 1.165) is 23.2 Å². The lowest BCUT2D eigenvalue weighted by Gasteiger charge is -2.21. The van der Waals surface area contributed by atoms with Gasteiger partial charge in [0, 0.05) is 32.2 Å². The summed E-state index contributed by atoms with van der Waals surface area (Å²) >= 11 is 0. The Hall–Kier alpha value is -2.18. The van der Waals surface area contributed by atoms with E-state index in [-0.39, 0.29) is 10.8 Å². The average molecular weight is 401 g/mol. The lowest BCUT2D eigenvalue weighted by molar-refractivity contribution is -0.117. The van der Waals surface area contributed by atoms with Gasteiger partial charge in [-0.3, -0.25) is 4.79 Å². The molecule has 5 nitrogen and oxygen atoms in total. The molecule has 0 atom stereocenters. The molecule has 0 spiro atoms. The van der Waals surface area contributed by atoms with Crippen molar-refractivity contribution in [3.63, 3.8) is 0 Å². The fourth-order valence-electron chi connectivity index (χ4n) is 3.52. The zero-order valence-electron chi connectivity index (χ0n) is 17.0. The van der Waals surface area contributed by atoms with E-state index in [1.807, 2.05) is 31.2 Å². The molecule has 3 rings (SSSR count). The molecular weight excluding hydrogens is 372 g/mol. The van der Waals surface area contributed by atoms with Gasteiger partial charge in [0.15, 0.2) is 0 Å². The van der Waals surface area contributed by atoms with Crippen molar-refractivity contribution >= 4 is 21.6 Å². The molecule has 1 saturated heterocycles. The number of sulfonamides is 1. The van der Waals surface area contributed by atoms with Gasteiger partial charge in [-0.15, -0.1) is 0 Å². The van der Waals surface area contributed by atoms with Crippen molar-refractivity contribution in [2.75, 3.05) is 18.5 Å². The second kappa shape index (κ2) is 8.05. The molecule has 2 aromatic carbocycles. The number of anilines is 1. The van der Waals surface area contributed by atoms with E-state index in [1.165, 1.54) is 9.87 Å². The van der Waals surface area contributed by atoms with Crippen LogP contribution in [-0.4, -0.2) is 32.2 Å². The van der Waals surface area contributed by atoms with Crippen LogP contribution in [-0.2, 0) is 21.4 Å². The van der Waals surface area contributed by atoms with Crippen LogP contribution >= 0.6 is 0 Å². The number of rotatable bonds is 6. The van der Waals surface area contributed by atoms with Crippen LogP contribution in [0.5, 0.6) is 0 Å². The van der Waals surface area contributed by atoms with Gasteiger partial charge in [-0.25, -0.2) is 8.42 Å². The SMILES string of the molecule is Cc1cc(S(=O)(=O)N(C)Cc2ccc(C(C)C)cc2)ccc1N1CCCC1=O. The molecule has 28 heavy (non-hydrogen) atoms. The summed E-state index contributed by atoms with van der Waals surface area (Å²) in [4.78, 5) is 14.0. The van der Waals surface area contributed by atoms with Crippen molar-refractivity contribution in [2.24, 2.45) is 0 Å². The summed E-state index contributed by atoms with van der Waals surface area (Å²) in [6.07, 6.45) is 1.40. The predicted octanol–water partition coefficient (Wildman–Crippen LogP) is 4.07. The average Bonchev–Trinajstić information content (AvgIpc) is 3.07. The first kappa shape index (κ1) is 20.6. The number of hydrogen-bond donors (Lipinski definition) is 0. The number of hydrogen-bond acceptors (Lipinski definition) is 3. The third-order valence-electron chi connectivity index (χ3n) is 5.29. The highest BCUT2D eigenvalue weighted by Crippen LogP contribution is 2.28. The van der Waals surface area contributed by atoms with E-state index in [4.69, 9.17) is 0 Å². The molecule has 6 heteroatoms. The molecule has 1 aliphatic rings. The Morgan fingerprint density at radius 2 is 1.79 bits per heavy atom. The highest BCUT2D eigenvalue weighted by atomic mass is 32.2. The number of carbonyl (C=O) groups excluding carboxylic acids is 1. The Bertz CT molecular complexity index is 966. The maximum absolute atomic E-state index is 13.0. The lowest BCUT2D eigenvalue weighted by atomic mass is 10.0. The normalized spacial score (nSPS) is 15.1. The van der Waals surface area contributed by atoms with Gasteiger partial charge in [-0.2, -0.15) is 4.31 Å². The monoisotopic (exact) mass is 400 g/mol. The summed E-state index contributed by atoms with van der Waals surface area (Å²) in [5.41, 5.74) is 3.78. The molecule has 1 heterocycles. The van der Waals surface area contributed by atoms with E-state index >= 15 is 0 Å². The number of amides is 1. The van der Waals surface area contributed by atoms with Crippen LogP contribution in [0.1, 0.15) is 49.3 Å². The zero-order chi connectivity index (χ0) is 20.5. The van der Waals surface area contributed by atoms with Crippen LogP contribution in [0.15, 0.2) is 47.4 Å². The Morgan fingerprint density at radius 1 is 1.11 bits per heavy atom. The molecule has 1 aliphatic heterocycles. The molecule has 0 unspecified atom stereocenters. The van der Waals surface area contributed by atoms with Crippen molar-refractivity contribution in [1.29, 1.82) is 0 Å². The minimum absolute atomic E-state index is 0.0978. The molecule has 0 bridgehead atoms. The molecule has 0 aliphatic carbocycles. The van der Waals surface area contributed by atoms with Crippen molar-refractivity contribution < 1.29 is 13.2 Å². The Balaban J connectivity index is 1.79. The number of nitrogens with zero attached hydrogens (tertiary/aromatic N) is 2. The fraction of sp³-hybridized carbons (Fsp3) is 0.409. The number of benzene rings is 2. The Morgan fingerprint density at radius 3 is 2.32 bits per heavy atom. The van der Waals surface area contributed by atoms with Crippen molar-refractivity contribution in [3.05, 3.63) is 59.2 Å². The second-order valence-electron chi connectivity index (χ2n) is 7.75. The smallest absolute Gasteiger partial charge is 0.243 e. The van der Waals surface area contributed by atoms with E-state index in [2.05, 4.69) is 13.8 Å². The third-order valence-corrected chi connectivity index (χ3v) is 7.09. The van der Waals surface area contributed by atoms with E-state index in [1.54, 1.807) is 30.1 Å². The molecule has 150 valence electrons. The predicted molar refractivity (Wildman–Crippen MR) is 112 cm³/mol. The van der Waals surface area contributed by atoms with Gasteiger partial charge in [0.1, 0.15) is 0 Å². The first-order valence-corrected chi connectivity index (χ1v) is 11.1. The molecule has 0 saturated carbocycles. The fourth-order valence-corrected chi connectivity index (χ4v) is 4.77. The molecule has 0 radical (unpaired) electrons. The van der Waals surface area contributed by atoms with Crippen LogP contribution in [0, 0.1) is 6.92 Å². The summed E-state index contributed by atoms with van der Waals surface area (Å²) < 4.78 is 27.4. The van der Waals surface area contributed by atoms with Crippen LogP contribution < -0.4 is 4.90 Å². The topological polar surface area (TPSA) is 57.7 Å². The van der Waals surface area contributed by atoms with Gasteiger partial charge < -0.3 is 4.90 Å². The summed E-state index contributed by atoms with van der Waals surface area (Å²) in [7, 11) is -2.01. The second-order valence-corrected chi connectivity index (χ2v) is 9.80. The summed E-state index contributed by atoms with van der Waals surface area (Å²) in [5, 5.41) is 0. The molecule has 0 N–H and O–H groups in total. The first-order valence-electron chi connectivity index (χ1n) is 9.66. The highest BCUT2D eigenvalue weighted by molar-refractivity contribution is 7.89. The van der Waals surface area contributed by atoms with Crippen LogP contribution in [0.4, 0.5) is 5.69 Å². The number of carbonyl (C=O) groups is 1. The standard InChI is InChI=1S/C22H28N2O3S/c1-16(2)19-9-7-18(8-10-19)15-23(4)28(26,27)20-11-12-21(17(3)14-20)24-13-5-6-22(24)25/h7-12,14,16H,5-6,13,15H2,1-4H3. The van der Waals surface area contributed by atoms with Gasteiger partial charge in [-0.05, 0) is 54.2 Å². The summed E-state index contributed by atoms with van der Waals surface area (Å²) in [6.45, 7) is 7.12. The van der Waals surface area contributed by atoms with Crippen molar-refractivity contribution in [2.45, 2.75) is 51.0 Å². The minimum atomic E-state index is -3.61. The quantitative estimate of drug-likeness (QED) is 0.735. The Labute approximate surface area is 168 Å². The molecule has 1 fully saturated rings. The van der Waals surface area contributed by atoms with Gasteiger partial charge >= 0.3 is 0 Å². The van der Waals surface area contributed by atoms with Gasteiger partial charge in [-0.1, -0.05) is 38.1 Å². The third kappa shape index (κ3) is 4.13. The van der Waals surface area contributed by atoms with Gasteiger partial charge in [0.05, 0.1) is 4.90 Å². The van der Waals surface area contributed by atoms with E-state index in [9.17, 15) is 13.2 Å². The van der Waals surface area contributed by atoms with Crippen molar-refractivity contribution in [1.82, 2.24) is 4.31 Å². The van der Waals surface area contributed by atoms with Crippen LogP contribution in [0.25, 0.3) is 0 Å². The number of aryl methyl sites for hydroxylation is 1. The van der Waals surface area contributed by atoms with E-state index in [0.29, 0.717) is 25.4 Å². The zero-order valence-corrected chi connectivity index (χ0v) is 17.8. The summed E-state index contributed by atoms with van der Waals surface area (Å²) in [5.74, 6) is 0.542. The maximum Gasteiger partial charge on any atom is 0.243 e. The molecule has 2 aromatic rings. The highest BCUT2D eigenvalue weighted by Gasteiger charge is 2.26. The minimum Gasteiger partial charge on any atom is -0.312 e. The summed E-state index contributed by atoms with van der Waals surface area (Å²) in [6, 6.07) is 13.1. The molecular formula is C22H28N2O3S. The molecule has 1 amide bonds. The van der Waals surface area contributed by atoms with E-state index < -0.39 is 10.0 Å². The first-order chi connectivity index (χ1) is 13.2. The van der Waals surface area contributed by atoms with Gasteiger partial charge in [0.25, 0.3) is 0 Å². The van der Waals surface area contributed by atoms with Crippen molar-refractivity contribution in [3.8, 4) is 0 Å². The largest absolute Gasteiger partial charge is 0.312 e. The lowest BCUT2D eigenvalue weighted by Crippen LogP contribution is -2.27.